The van der Waals surface area contributed by atoms with Gasteiger partial charge < -0.3 is 4.57 Å². The van der Waals surface area contributed by atoms with Gasteiger partial charge in [0.2, 0.25) is 5.17 Å². The van der Waals surface area contributed by atoms with E-state index in [1.807, 2.05) is 32.0 Å². The van der Waals surface area contributed by atoms with Crippen LogP contribution >= 0.6 is 11.8 Å². The van der Waals surface area contributed by atoms with Crippen molar-refractivity contribution in [1.82, 2.24) is 9.58 Å². The molecule has 6 nitrogen and oxygen atoms in total. The van der Waals surface area contributed by atoms with E-state index in [4.69, 9.17) is 5.41 Å². The number of amides is 1. The van der Waals surface area contributed by atoms with Gasteiger partial charge in [-0.3, -0.25) is 10.2 Å². The molecule has 5 rings (SSSR count). The number of hydrogen-bond acceptors (Lipinski definition) is 4. The van der Waals surface area contributed by atoms with Gasteiger partial charge in [0.25, 0.3) is 5.91 Å². The zero-order valence-corrected chi connectivity index (χ0v) is 19.1. The van der Waals surface area contributed by atoms with Crippen molar-refractivity contribution >= 4 is 39.8 Å². The fraction of sp³-hybridized carbons (Fsp3) is 0.120. The number of hydrazone groups is 1. The highest BCUT2D eigenvalue weighted by Crippen LogP contribution is 2.32. The molecule has 0 radical (unpaired) electrons. The van der Waals surface area contributed by atoms with Crippen LogP contribution in [0.2, 0.25) is 0 Å². The first-order valence-electron chi connectivity index (χ1n) is 10.3. The first-order chi connectivity index (χ1) is 15.8. The van der Waals surface area contributed by atoms with Crippen molar-refractivity contribution < 1.29 is 9.18 Å². The topological polar surface area (TPSA) is 73.8 Å². The van der Waals surface area contributed by atoms with Gasteiger partial charge in [-0.2, -0.15) is 15.1 Å². The summed E-state index contributed by atoms with van der Waals surface area (Å²) in [5.74, 6) is -0.848. The van der Waals surface area contributed by atoms with Crippen molar-refractivity contribution in [2.75, 3.05) is 0 Å². The van der Waals surface area contributed by atoms with E-state index in [0.717, 1.165) is 28.2 Å². The van der Waals surface area contributed by atoms with E-state index in [0.29, 0.717) is 15.8 Å². The van der Waals surface area contributed by atoms with Crippen LogP contribution in [0.15, 0.2) is 70.3 Å². The van der Waals surface area contributed by atoms with Gasteiger partial charge >= 0.3 is 0 Å². The standard InChI is InChI=1S/C25H20FN5OS/c1-14-6-4-5-7-21(14)30-15(2)12-18(16(30)3)13-20-22(27)31-25(28-23(20)32)33-24(29-31)17-8-10-19(26)11-9-17/h4-13,27H,1-3H3/b20-13-,27-22?. The second-order valence-corrected chi connectivity index (χ2v) is 8.84. The fourth-order valence-electron chi connectivity index (χ4n) is 3.98. The summed E-state index contributed by atoms with van der Waals surface area (Å²) >= 11 is 1.19. The number of fused-ring (bicyclic) bond motifs is 1. The Morgan fingerprint density at radius 2 is 1.79 bits per heavy atom. The first-order valence-corrected chi connectivity index (χ1v) is 11.2. The van der Waals surface area contributed by atoms with E-state index in [9.17, 15) is 9.18 Å². The average Bonchev–Trinajstić information content (AvgIpc) is 3.33. The van der Waals surface area contributed by atoms with E-state index >= 15 is 0 Å². The van der Waals surface area contributed by atoms with Crippen LogP contribution in [0.1, 0.15) is 28.1 Å². The van der Waals surface area contributed by atoms with Crippen LogP contribution in [0.5, 0.6) is 0 Å². The monoisotopic (exact) mass is 457 g/mol. The van der Waals surface area contributed by atoms with Crippen molar-refractivity contribution in [3.8, 4) is 5.69 Å². The van der Waals surface area contributed by atoms with Crippen molar-refractivity contribution in [2.24, 2.45) is 10.1 Å². The highest BCUT2D eigenvalue weighted by molar-refractivity contribution is 8.27. The van der Waals surface area contributed by atoms with Gasteiger partial charge in [0.05, 0.1) is 5.57 Å². The second kappa shape index (κ2) is 7.97. The molecule has 0 spiro atoms. The number of rotatable bonds is 3. The number of aryl methyl sites for hydroxylation is 2. The van der Waals surface area contributed by atoms with E-state index in [1.54, 1.807) is 18.2 Å². The van der Waals surface area contributed by atoms with Crippen molar-refractivity contribution in [1.29, 1.82) is 5.41 Å². The molecule has 2 aliphatic heterocycles. The molecular weight excluding hydrogens is 437 g/mol. The maximum atomic E-state index is 13.3. The third-order valence-electron chi connectivity index (χ3n) is 5.67. The Hall–Kier alpha value is -3.78. The van der Waals surface area contributed by atoms with Gasteiger partial charge in [-0.25, -0.2) is 4.39 Å². The lowest BCUT2D eigenvalue weighted by Crippen LogP contribution is -2.35. The Balaban J connectivity index is 1.52. The van der Waals surface area contributed by atoms with E-state index in [-0.39, 0.29) is 17.2 Å². The third kappa shape index (κ3) is 3.62. The normalized spacial score (nSPS) is 16.8. The summed E-state index contributed by atoms with van der Waals surface area (Å²) < 4.78 is 15.4. The number of aromatic nitrogens is 1. The van der Waals surface area contributed by atoms with Crippen LogP contribution in [-0.2, 0) is 4.79 Å². The number of hydrogen-bond donors (Lipinski definition) is 1. The lowest BCUT2D eigenvalue weighted by atomic mass is 10.1. The molecule has 1 aromatic heterocycles. The Morgan fingerprint density at radius 3 is 2.52 bits per heavy atom. The Labute approximate surface area is 194 Å². The maximum absolute atomic E-state index is 13.3. The summed E-state index contributed by atoms with van der Waals surface area (Å²) in [4.78, 5) is 17.0. The minimum atomic E-state index is -0.477. The molecule has 2 aliphatic rings. The predicted octanol–water partition coefficient (Wildman–Crippen LogP) is 5.21. The molecule has 2 aromatic carbocycles. The van der Waals surface area contributed by atoms with E-state index in [1.165, 1.54) is 28.9 Å². The van der Waals surface area contributed by atoms with Crippen LogP contribution < -0.4 is 0 Å². The predicted molar refractivity (Wildman–Crippen MR) is 130 cm³/mol. The Kier molecular flexibility index (Phi) is 5.09. The van der Waals surface area contributed by atoms with Crippen molar-refractivity contribution in [2.45, 2.75) is 20.8 Å². The molecule has 0 saturated heterocycles. The fourth-order valence-corrected chi connectivity index (χ4v) is 4.87. The van der Waals surface area contributed by atoms with Crippen LogP contribution in [0.3, 0.4) is 0 Å². The van der Waals surface area contributed by atoms with Crippen LogP contribution in [-0.4, -0.2) is 31.5 Å². The zero-order valence-electron chi connectivity index (χ0n) is 18.3. The summed E-state index contributed by atoms with van der Waals surface area (Å²) in [5.41, 5.74) is 5.94. The number of thioether (sulfide) groups is 1. The number of aliphatic imine (C=N–C) groups is 1. The molecule has 164 valence electrons. The van der Waals surface area contributed by atoms with Gasteiger partial charge in [0.1, 0.15) is 10.9 Å². The number of benzene rings is 2. The molecule has 0 bridgehead atoms. The average molecular weight is 458 g/mol. The highest BCUT2D eigenvalue weighted by Gasteiger charge is 2.36. The summed E-state index contributed by atoms with van der Waals surface area (Å²) in [5, 5.41) is 15.3. The third-order valence-corrected chi connectivity index (χ3v) is 6.63. The molecule has 1 N–H and O–H groups in total. The van der Waals surface area contributed by atoms with Gasteiger partial charge in [0, 0.05) is 22.6 Å². The smallest absolute Gasteiger partial charge is 0.283 e. The van der Waals surface area contributed by atoms with Gasteiger partial charge in [-0.1, -0.05) is 18.2 Å². The van der Waals surface area contributed by atoms with Crippen LogP contribution in [0.25, 0.3) is 11.8 Å². The maximum Gasteiger partial charge on any atom is 0.283 e. The lowest BCUT2D eigenvalue weighted by molar-refractivity contribution is -0.114. The Morgan fingerprint density at radius 1 is 1.06 bits per heavy atom. The zero-order chi connectivity index (χ0) is 23.3. The minimum Gasteiger partial charge on any atom is -0.318 e. The van der Waals surface area contributed by atoms with Crippen LogP contribution in [0, 0.1) is 32.0 Å². The molecule has 0 atom stereocenters. The molecular formula is C25H20FN5OS. The molecule has 3 aromatic rings. The highest BCUT2D eigenvalue weighted by atomic mass is 32.2. The van der Waals surface area contributed by atoms with Crippen LogP contribution in [0.4, 0.5) is 4.39 Å². The number of carbonyl (C=O) groups excluding carboxylic acids is 1. The number of amidine groups is 2. The SMILES string of the molecule is Cc1ccccc1-n1c(C)cc(/C=C2/C(=N)N3N=C(c4ccc(F)cc4)SC3=NC2=O)c1C. The quantitative estimate of drug-likeness (QED) is 0.549. The molecule has 1 amide bonds. The number of nitrogens with zero attached hydrogens (tertiary/aromatic N) is 4. The Bertz CT molecular complexity index is 1420. The number of halogens is 1. The van der Waals surface area contributed by atoms with E-state index in [2.05, 4.69) is 33.7 Å². The largest absolute Gasteiger partial charge is 0.318 e. The summed E-state index contributed by atoms with van der Waals surface area (Å²) in [6.07, 6.45) is 1.71. The molecule has 8 heteroatoms. The molecule has 0 fully saturated rings. The summed E-state index contributed by atoms with van der Waals surface area (Å²) in [6, 6.07) is 16.0. The number of carbonyl (C=O) groups is 1. The lowest BCUT2D eigenvalue weighted by Gasteiger charge is -2.20. The van der Waals surface area contributed by atoms with E-state index < -0.39 is 5.91 Å². The number of nitrogens with one attached hydrogen (secondary N) is 1. The van der Waals surface area contributed by atoms with Gasteiger partial charge in [0.15, 0.2) is 5.84 Å². The summed E-state index contributed by atoms with van der Waals surface area (Å²) in [7, 11) is 0. The second-order valence-electron chi connectivity index (χ2n) is 7.88. The van der Waals surface area contributed by atoms with Crippen molar-refractivity contribution in [3.05, 3.63) is 94.1 Å². The summed E-state index contributed by atoms with van der Waals surface area (Å²) in [6.45, 7) is 6.07. The minimum absolute atomic E-state index is 0.0321. The molecule has 0 unspecified atom stereocenters. The molecule has 3 heterocycles. The molecule has 0 saturated carbocycles. The number of para-hydroxylation sites is 1. The first kappa shape index (κ1) is 21.1. The molecule has 0 aliphatic carbocycles. The van der Waals surface area contributed by atoms with Crippen molar-refractivity contribution in [3.63, 3.8) is 0 Å². The molecule has 33 heavy (non-hydrogen) atoms. The van der Waals surface area contributed by atoms with Gasteiger partial charge in [-0.05, 0) is 86.1 Å². The van der Waals surface area contributed by atoms with Gasteiger partial charge in [-0.15, -0.1) is 0 Å².